The fraction of sp³-hybridized carbons (Fsp3) is 0.500. The van der Waals surface area contributed by atoms with E-state index in [1.807, 2.05) is 37.8 Å². The Morgan fingerprint density at radius 3 is 2.59 bits per heavy atom. The van der Waals surface area contributed by atoms with Gasteiger partial charge in [-0.15, -0.1) is 0 Å². The van der Waals surface area contributed by atoms with Crippen LogP contribution in [0.3, 0.4) is 0 Å². The Morgan fingerprint density at radius 1 is 1.27 bits per heavy atom. The van der Waals surface area contributed by atoms with Crippen LogP contribution in [-0.2, 0) is 4.79 Å². The zero-order chi connectivity index (χ0) is 15.9. The van der Waals surface area contributed by atoms with Crippen LogP contribution in [0.1, 0.15) is 45.1 Å². The van der Waals surface area contributed by atoms with Gasteiger partial charge >= 0.3 is 0 Å². The van der Waals surface area contributed by atoms with E-state index < -0.39 is 0 Å². The van der Waals surface area contributed by atoms with Gasteiger partial charge in [0.25, 0.3) is 0 Å². The molecule has 2 heterocycles. The zero-order valence-corrected chi connectivity index (χ0v) is 14.2. The number of hydrogen-bond donors (Lipinski definition) is 1. The Hall–Kier alpha value is -1.48. The molecular formula is C18H23ClN2O. The van der Waals surface area contributed by atoms with Crippen LogP contribution in [0.2, 0.25) is 5.02 Å². The summed E-state index contributed by atoms with van der Waals surface area (Å²) in [4.78, 5) is 17.7. The fourth-order valence-electron chi connectivity index (χ4n) is 3.33. The van der Waals surface area contributed by atoms with Crippen molar-refractivity contribution in [3.05, 3.63) is 35.0 Å². The predicted molar refractivity (Wildman–Crippen MR) is 91.3 cm³/mol. The Morgan fingerprint density at radius 2 is 1.95 bits per heavy atom. The minimum atomic E-state index is -0.287. The highest BCUT2D eigenvalue weighted by Crippen LogP contribution is 2.34. The third-order valence-electron chi connectivity index (χ3n) is 4.54. The normalized spacial score (nSPS) is 17.2. The van der Waals surface area contributed by atoms with Crippen molar-refractivity contribution in [3.8, 4) is 0 Å². The van der Waals surface area contributed by atoms with E-state index in [4.69, 9.17) is 11.6 Å². The molecule has 3 rings (SSSR count). The first kappa shape index (κ1) is 15.4. The molecule has 2 aromatic rings. The number of halogens is 1. The largest absolute Gasteiger partial charge is 0.361 e. The molecule has 0 unspecified atom stereocenters. The first-order valence-electron chi connectivity index (χ1n) is 7.92. The quantitative estimate of drug-likeness (QED) is 0.821. The summed E-state index contributed by atoms with van der Waals surface area (Å²) < 4.78 is 0. The summed E-state index contributed by atoms with van der Waals surface area (Å²) in [7, 11) is 0. The van der Waals surface area contributed by atoms with E-state index in [9.17, 15) is 4.79 Å². The molecule has 1 amide bonds. The number of amides is 1. The minimum Gasteiger partial charge on any atom is -0.361 e. The van der Waals surface area contributed by atoms with Gasteiger partial charge < -0.3 is 9.88 Å². The number of likely N-dealkylation sites (tertiary alicyclic amines) is 1. The lowest BCUT2D eigenvalue weighted by Crippen LogP contribution is -2.43. The van der Waals surface area contributed by atoms with E-state index in [1.54, 1.807) is 0 Å². The van der Waals surface area contributed by atoms with E-state index in [0.717, 1.165) is 36.5 Å². The van der Waals surface area contributed by atoms with Crippen molar-refractivity contribution < 1.29 is 4.79 Å². The second-order valence-corrected chi connectivity index (χ2v) is 7.69. The number of H-pyrrole nitrogens is 1. The number of carbonyl (C=O) groups is 1. The number of aromatic nitrogens is 1. The highest BCUT2D eigenvalue weighted by Gasteiger charge is 2.31. The Kier molecular flexibility index (Phi) is 3.94. The van der Waals surface area contributed by atoms with E-state index >= 15 is 0 Å². The summed E-state index contributed by atoms with van der Waals surface area (Å²) in [5.74, 6) is 0.774. The van der Waals surface area contributed by atoms with E-state index in [1.165, 1.54) is 10.9 Å². The molecule has 1 aromatic carbocycles. The fourth-order valence-corrected chi connectivity index (χ4v) is 3.50. The summed E-state index contributed by atoms with van der Waals surface area (Å²) >= 11 is 6.05. The van der Waals surface area contributed by atoms with E-state index in [0.29, 0.717) is 5.92 Å². The third kappa shape index (κ3) is 2.87. The smallest absolute Gasteiger partial charge is 0.227 e. The maximum absolute atomic E-state index is 12.4. The number of hydrogen-bond acceptors (Lipinski definition) is 1. The zero-order valence-electron chi connectivity index (χ0n) is 13.4. The second-order valence-electron chi connectivity index (χ2n) is 7.25. The third-order valence-corrected chi connectivity index (χ3v) is 4.77. The van der Waals surface area contributed by atoms with Crippen LogP contribution in [0.4, 0.5) is 0 Å². The number of aromatic amines is 1. The number of fused-ring (bicyclic) bond motifs is 1. The summed E-state index contributed by atoms with van der Waals surface area (Å²) in [6.45, 7) is 7.67. The van der Waals surface area contributed by atoms with E-state index in [2.05, 4.69) is 17.2 Å². The molecule has 0 atom stereocenters. The van der Waals surface area contributed by atoms with Gasteiger partial charge in [-0.2, -0.15) is 0 Å². The highest BCUT2D eigenvalue weighted by molar-refractivity contribution is 6.31. The lowest BCUT2D eigenvalue weighted by Gasteiger charge is -2.35. The van der Waals surface area contributed by atoms with Crippen molar-refractivity contribution in [2.24, 2.45) is 5.41 Å². The molecular weight excluding hydrogens is 296 g/mol. The van der Waals surface area contributed by atoms with Gasteiger partial charge in [-0.05, 0) is 36.5 Å². The number of carbonyl (C=O) groups excluding carboxylic acids is 1. The van der Waals surface area contributed by atoms with Crippen molar-refractivity contribution >= 4 is 28.4 Å². The molecule has 1 aliphatic heterocycles. The van der Waals surface area contributed by atoms with Gasteiger partial charge in [0.15, 0.2) is 0 Å². The van der Waals surface area contributed by atoms with Crippen LogP contribution >= 0.6 is 11.6 Å². The average Bonchev–Trinajstić information content (AvgIpc) is 2.88. The predicted octanol–water partition coefficient (Wildman–Crippen LogP) is 4.57. The summed E-state index contributed by atoms with van der Waals surface area (Å²) in [6, 6.07) is 6.01. The van der Waals surface area contributed by atoms with Crippen molar-refractivity contribution in [2.45, 2.75) is 39.5 Å². The number of rotatable bonds is 1. The van der Waals surface area contributed by atoms with Gasteiger partial charge in [0, 0.05) is 40.6 Å². The molecule has 1 saturated heterocycles. The molecule has 118 valence electrons. The number of benzene rings is 1. The minimum absolute atomic E-state index is 0.261. The molecule has 0 aliphatic carbocycles. The van der Waals surface area contributed by atoms with Crippen LogP contribution in [0.5, 0.6) is 0 Å². The lowest BCUT2D eigenvalue weighted by atomic mass is 9.87. The molecule has 1 aliphatic rings. The van der Waals surface area contributed by atoms with Gasteiger partial charge in [-0.3, -0.25) is 4.79 Å². The Bertz CT molecular complexity index is 691. The van der Waals surface area contributed by atoms with Crippen LogP contribution in [0.25, 0.3) is 10.9 Å². The topological polar surface area (TPSA) is 36.1 Å². The van der Waals surface area contributed by atoms with Crippen molar-refractivity contribution in [1.29, 1.82) is 0 Å². The van der Waals surface area contributed by atoms with Crippen LogP contribution < -0.4 is 0 Å². The van der Waals surface area contributed by atoms with E-state index in [-0.39, 0.29) is 11.3 Å². The Labute approximate surface area is 136 Å². The van der Waals surface area contributed by atoms with Gasteiger partial charge in [0.1, 0.15) is 0 Å². The summed E-state index contributed by atoms with van der Waals surface area (Å²) in [6.07, 6.45) is 4.15. The highest BCUT2D eigenvalue weighted by atomic mass is 35.5. The Balaban J connectivity index is 1.74. The van der Waals surface area contributed by atoms with Crippen molar-refractivity contribution in [1.82, 2.24) is 9.88 Å². The van der Waals surface area contributed by atoms with Crippen LogP contribution in [-0.4, -0.2) is 28.9 Å². The molecule has 1 aromatic heterocycles. The van der Waals surface area contributed by atoms with Gasteiger partial charge in [-0.1, -0.05) is 38.4 Å². The molecule has 0 radical (unpaired) electrons. The SMILES string of the molecule is CC(C)(C)C(=O)N1CCC(c2c[nH]c3cc(Cl)ccc23)CC1. The van der Waals surface area contributed by atoms with Crippen molar-refractivity contribution in [3.63, 3.8) is 0 Å². The monoisotopic (exact) mass is 318 g/mol. The molecule has 1 N–H and O–H groups in total. The number of nitrogens with one attached hydrogen (secondary N) is 1. The van der Waals surface area contributed by atoms with Crippen LogP contribution in [0, 0.1) is 5.41 Å². The van der Waals surface area contributed by atoms with Gasteiger partial charge in [0.2, 0.25) is 5.91 Å². The average molecular weight is 319 g/mol. The molecule has 0 saturated carbocycles. The molecule has 0 spiro atoms. The molecule has 22 heavy (non-hydrogen) atoms. The lowest BCUT2D eigenvalue weighted by molar-refractivity contribution is -0.140. The van der Waals surface area contributed by atoms with Gasteiger partial charge in [-0.25, -0.2) is 0 Å². The maximum Gasteiger partial charge on any atom is 0.227 e. The maximum atomic E-state index is 12.4. The number of nitrogens with zero attached hydrogens (tertiary/aromatic N) is 1. The summed E-state index contributed by atoms with van der Waals surface area (Å²) in [5.41, 5.74) is 2.16. The van der Waals surface area contributed by atoms with Crippen molar-refractivity contribution in [2.75, 3.05) is 13.1 Å². The molecule has 4 heteroatoms. The van der Waals surface area contributed by atoms with Gasteiger partial charge in [0.05, 0.1) is 0 Å². The second kappa shape index (κ2) is 5.62. The summed E-state index contributed by atoms with van der Waals surface area (Å²) in [5, 5.41) is 2.01. The molecule has 1 fully saturated rings. The molecule has 0 bridgehead atoms. The first-order chi connectivity index (χ1) is 10.4. The standard InChI is InChI=1S/C18H23ClN2O/c1-18(2,3)17(22)21-8-6-12(7-9-21)15-11-20-16-10-13(19)4-5-14(15)16/h4-5,10-12,20H,6-9H2,1-3H3. The first-order valence-corrected chi connectivity index (χ1v) is 8.30. The number of piperidine rings is 1. The van der Waals surface area contributed by atoms with Crippen LogP contribution in [0.15, 0.2) is 24.4 Å². The molecule has 3 nitrogen and oxygen atoms in total.